The highest BCUT2D eigenvalue weighted by Gasteiger charge is 2.21. The summed E-state index contributed by atoms with van der Waals surface area (Å²) in [7, 11) is 0. The summed E-state index contributed by atoms with van der Waals surface area (Å²) in [5.74, 6) is -0.325. The van der Waals surface area contributed by atoms with Crippen molar-refractivity contribution < 1.29 is 23.4 Å². The van der Waals surface area contributed by atoms with Gasteiger partial charge in [-0.25, -0.2) is 0 Å². The van der Waals surface area contributed by atoms with Gasteiger partial charge in [0.25, 0.3) is 0 Å². The molecular weight excluding hydrogens is 446 g/mol. The van der Waals surface area contributed by atoms with Crippen LogP contribution < -0.4 is 0 Å². The molecule has 30 heavy (non-hydrogen) atoms. The molecule has 0 aliphatic carbocycles. The summed E-state index contributed by atoms with van der Waals surface area (Å²) in [4.78, 5) is 12.1. The van der Waals surface area contributed by atoms with Gasteiger partial charge in [0, 0.05) is 6.42 Å². The van der Waals surface area contributed by atoms with Gasteiger partial charge in [0.15, 0.2) is 0 Å². The van der Waals surface area contributed by atoms with E-state index < -0.39 is 12.2 Å². The number of hydrogen-bond donors (Lipinski definition) is 0. The fourth-order valence-electron chi connectivity index (χ4n) is 2.99. The number of ether oxygens (including phenoxy) is 2. The molecule has 0 N–H and O–H groups in total. The van der Waals surface area contributed by atoms with Crippen molar-refractivity contribution in [2.75, 3.05) is 13.2 Å². The summed E-state index contributed by atoms with van der Waals surface area (Å²) in [5.41, 5.74) is 0.999. The van der Waals surface area contributed by atoms with Crippen molar-refractivity contribution in [3.05, 3.63) is 35.9 Å². The third kappa shape index (κ3) is 16.2. The molecule has 5 nitrogen and oxygen atoms in total. The quantitative estimate of drug-likeness (QED) is 0.123. The van der Waals surface area contributed by atoms with Crippen molar-refractivity contribution in [1.29, 1.82) is 0 Å². The lowest BCUT2D eigenvalue weighted by Crippen LogP contribution is -2.27. The van der Waals surface area contributed by atoms with E-state index >= 15 is 0 Å². The number of rotatable bonds is 18. The Morgan fingerprint density at radius 3 is 2.13 bits per heavy atom. The van der Waals surface area contributed by atoms with E-state index in [1.54, 1.807) is 0 Å². The van der Waals surface area contributed by atoms with E-state index in [1.807, 2.05) is 30.3 Å². The number of carbonyl (C=O) groups excluding carboxylic acids is 1. The highest BCUT2D eigenvalue weighted by molar-refractivity contribution is 8.05. The molecule has 0 bridgehead atoms. The second-order valence-electron chi connectivity index (χ2n) is 7.40. The third-order valence-corrected chi connectivity index (χ3v) is 5.64. The van der Waals surface area contributed by atoms with Gasteiger partial charge in [0.05, 0.1) is 19.8 Å². The van der Waals surface area contributed by atoms with E-state index in [1.165, 1.54) is 38.5 Å². The fraction of sp³-hybridized carbons (Fsp3) is 0.682. The topological polar surface area (TPSA) is 61.8 Å². The zero-order valence-electron chi connectivity index (χ0n) is 17.9. The van der Waals surface area contributed by atoms with Gasteiger partial charge < -0.3 is 14.0 Å². The zero-order valence-corrected chi connectivity index (χ0v) is 20.3. The Morgan fingerprint density at radius 2 is 1.53 bits per heavy atom. The Bertz CT molecular complexity index is 609. The maximum absolute atomic E-state index is 12.1. The van der Waals surface area contributed by atoms with Gasteiger partial charge >= 0.3 is 12.0 Å². The van der Waals surface area contributed by atoms with Crippen molar-refractivity contribution in [2.24, 2.45) is 0 Å². The first-order valence-electron chi connectivity index (χ1n) is 10.9. The Hall–Kier alpha value is -0.580. The molecule has 1 aromatic carbocycles. The normalized spacial score (nSPS) is 12.6. The molecule has 1 aromatic rings. The molecular formula is C22H35Cl2O5P. The predicted molar refractivity (Wildman–Crippen MR) is 123 cm³/mol. The third-order valence-electron chi connectivity index (χ3n) is 4.61. The molecule has 0 aliphatic rings. The van der Waals surface area contributed by atoms with Crippen molar-refractivity contribution in [3.63, 3.8) is 0 Å². The SMILES string of the molecule is CCCCCCCCCCCC(=O)OC(COCc1ccccc1)COP(=O)(Cl)Cl. The summed E-state index contributed by atoms with van der Waals surface area (Å²) in [5, 5.41) is 0. The van der Waals surface area contributed by atoms with Gasteiger partial charge in [-0.15, -0.1) is 0 Å². The monoisotopic (exact) mass is 480 g/mol. The molecule has 1 atom stereocenters. The number of benzene rings is 1. The predicted octanol–water partition coefficient (Wildman–Crippen LogP) is 7.64. The van der Waals surface area contributed by atoms with E-state index in [0.29, 0.717) is 13.0 Å². The lowest BCUT2D eigenvalue weighted by atomic mass is 10.1. The minimum Gasteiger partial charge on any atom is -0.457 e. The molecule has 1 rings (SSSR count). The smallest absolute Gasteiger partial charge is 0.380 e. The Kier molecular flexibility index (Phi) is 15.6. The van der Waals surface area contributed by atoms with E-state index in [4.69, 9.17) is 36.5 Å². The van der Waals surface area contributed by atoms with E-state index in [2.05, 4.69) is 6.92 Å². The highest BCUT2D eigenvalue weighted by atomic mass is 35.9. The van der Waals surface area contributed by atoms with Gasteiger partial charge in [-0.05, 0) is 34.5 Å². The first-order valence-corrected chi connectivity index (χ1v) is 14.3. The van der Waals surface area contributed by atoms with Crippen molar-refractivity contribution in [2.45, 2.75) is 83.8 Å². The van der Waals surface area contributed by atoms with Crippen molar-refractivity contribution in [1.82, 2.24) is 0 Å². The van der Waals surface area contributed by atoms with Crippen LogP contribution in [0.3, 0.4) is 0 Å². The molecule has 8 heteroatoms. The standard InChI is InChI=1S/C22H35Cl2O5P/c1-2-3-4-5-6-7-8-9-13-16-22(25)29-21(19-28-30(23,24)26)18-27-17-20-14-11-10-12-15-20/h10-12,14-15,21H,2-9,13,16-19H2,1H3. The molecule has 0 saturated heterocycles. The Balaban J connectivity index is 2.25. The molecule has 0 spiro atoms. The zero-order chi connectivity index (χ0) is 22.1. The average molecular weight is 481 g/mol. The molecule has 0 radical (unpaired) electrons. The van der Waals surface area contributed by atoms with Crippen LogP contribution in [0.1, 0.15) is 76.7 Å². The van der Waals surface area contributed by atoms with Crippen molar-refractivity contribution in [3.8, 4) is 0 Å². The minimum atomic E-state index is -3.70. The summed E-state index contributed by atoms with van der Waals surface area (Å²) in [6, 6.07) is 9.64. The number of halogens is 2. The van der Waals surface area contributed by atoms with Crippen LogP contribution in [-0.2, 0) is 30.0 Å². The van der Waals surface area contributed by atoms with Gasteiger partial charge in [-0.1, -0.05) is 88.6 Å². The molecule has 1 unspecified atom stereocenters. The van der Waals surface area contributed by atoms with Crippen LogP contribution in [0.4, 0.5) is 0 Å². The van der Waals surface area contributed by atoms with Crippen LogP contribution in [0.5, 0.6) is 0 Å². The molecule has 0 saturated carbocycles. The first-order chi connectivity index (χ1) is 14.4. The number of hydrogen-bond acceptors (Lipinski definition) is 5. The Morgan fingerprint density at radius 1 is 0.933 bits per heavy atom. The largest absolute Gasteiger partial charge is 0.457 e. The molecule has 0 aliphatic heterocycles. The van der Waals surface area contributed by atoms with E-state index in [0.717, 1.165) is 24.8 Å². The van der Waals surface area contributed by atoms with Gasteiger partial charge in [-0.2, -0.15) is 0 Å². The average Bonchev–Trinajstić information content (AvgIpc) is 2.71. The Labute approximate surface area is 190 Å². The summed E-state index contributed by atoms with van der Waals surface area (Å²) in [6.45, 7) is 2.51. The van der Waals surface area contributed by atoms with E-state index in [-0.39, 0.29) is 19.2 Å². The molecule has 0 heterocycles. The molecule has 0 fully saturated rings. The number of unbranched alkanes of at least 4 members (excludes halogenated alkanes) is 8. The van der Waals surface area contributed by atoms with Crippen LogP contribution in [0.25, 0.3) is 0 Å². The summed E-state index contributed by atoms with van der Waals surface area (Å²) < 4.78 is 27.3. The van der Waals surface area contributed by atoms with Crippen LogP contribution in [0, 0.1) is 0 Å². The van der Waals surface area contributed by atoms with E-state index in [9.17, 15) is 9.36 Å². The van der Waals surface area contributed by atoms with Crippen molar-refractivity contribution >= 4 is 34.5 Å². The minimum absolute atomic E-state index is 0.103. The molecule has 0 amide bonds. The van der Waals surface area contributed by atoms with Gasteiger partial charge in [0.2, 0.25) is 0 Å². The summed E-state index contributed by atoms with van der Waals surface area (Å²) in [6.07, 6.45) is 6.51. The first kappa shape index (κ1) is 27.5. The second-order valence-corrected chi connectivity index (χ2v) is 11.7. The fourth-order valence-corrected chi connectivity index (χ4v) is 3.67. The molecule has 0 aromatic heterocycles. The van der Waals surface area contributed by atoms with Gasteiger partial charge in [-0.3, -0.25) is 9.36 Å². The maximum atomic E-state index is 12.1. The molecule has 172 valence electrons. The number of esters is 1. The van der Waals surface area contributed by atoms with Crippen LogP contribution in [0.15, 0.2) is 30.3 Å². The highest BCUT2D eigenvalue weighted by Crippen LogP contribution is 2.57. The number of carbonyl (C=O) groups is 1. The lowest BCUT2D eigenvalue weighted by Gasteiger charge is -2.18. The van der Waals surface area contributed by atoms with Crippen LogP contribution in [-0.4, -0.2) is 25.3 Å². The van der Waals surface area contributed by atoms with Gasteiger partial charge in [0.1, 0.15) is 6.10 Å². The summed E-state index contributed by atoms with van der Waals surface area (Å²) >= 11 is 10.9. The lowest BCUT2D eigenvalue weighted by molar-refractivity contribution is -0.154. The maximum Gasteiger partial charge on any atom is 0.380 e. The van der Waals surface area contributed by atoms with Crippen LogP contribution >= 0.6 is 28.6 Å². The second kappa shape index (κ2) is 17.0. The van der Waals surface area contributed by atoms with Crippen LogP contribution in [0.2, 0.25) is 0 Å².